The Balaban J connectivity index is 1.53. The second kappa shape index (κ2) is 8.35. The van der Waals surface area contributed by atoms with E-state index in [1.54, 1.807) is 13.0 Å². The van der Waals surface area contributed by atoms with Gasteiger partial charge in [-0.3, -0.25) is 14.4 Å². The molecule has 3 N–H and O–H groups in total. The van der Waals surface area contributed by atoms with Crippen molar-refractivity contribution in [2.24, 2.45) is 5.92 Å². The minimum Gasteiger partial charge on any atom is -0.350 e. The zero-order valence-electron chi connectivity index (χ0n) is 15.4. The van der Waals surface area contributed by atoms with Crippen molar-refractivity contribution in [1.82, 2.24) is 10.6 Å². The fourth-order valence-electron chi connectivity index (χ4n) is 2.60. The Morgan fingerprint density at radius 3 is 2.56 bits per heavy atom. The van der Waals surface area contributed by atoms with Gasteiger partial charge in [-0.05, 0) is 43.9 Å². The van der Waals surface area contributed by atoms with Gasteiger partial charge in [0.1, 0.15) is 6.04 Å². The van der Waals surface area contributed by atoms with Crippen LogP contribution in [-0.2, 0) is 16.1 Å². The average molecular weight is 385 g/mol. The SMILES string of the molecule is Cc1cc(NC(=O)C2CC2)sc1C(=O)NC(C)C(=O)NCc1ccccc1. The molecule has 1 aromatic carbocycles. The predicted molar refractivity (Wildman–Crippen MR) is 106 cm³/mol. The molecule has 1 heterocycles. The van der Waals surface area contributed by atoms with Crippen molar-refractivity contribution in [3.8, 4) is 0 Å². The average Bonchev–Trinajstić information content (AvgIpc) is 3.44. The maximum atomic E-state index is 12.5. The van der Waals surface area contributed by atoms with E-state index < -0.39 is 6.04 Å². The molecule has 1 atom stereocenters. The van der Waals surface area contributed by atoms with Crippen molar-refractivity contribution >= 4 is 34.1 Å². The molecule has 2 aromatic rings. The molecule has 0 aliphatic heterocycles. The van der Waals surface area contributed by atoms with Crippen molar-refractivity contribution in [2.75, 3.05) is 5.32 Å². The highest BCUT2D eigenvalue weighted by atomic mass is 32.1. The predicted octanol–water partition coefficient (Wildman–Crippen LogP) is 2.84. The number of anilines is 1. The van der Waals surface area contributed by atoms with Crippen LogP contribution in [0.15, 0.2) is 36.4 Å². The van der Waals surface area contributed by atoms with Crippen LogP contribution in [0.25, 0.3) is 0 Å². The fraction of sp³-hybridized carbons (Fsp3) is 0.350. The van der Waals surface area contributed by atoms with Gasteiger partial charge in [0.15, 0.2) is 0 Å². The number of amides is 3. The molecule has 1 saturated carbocycles. The van der Waals surface area contributed by atoms with Crippen LogP contribution >= 0.6 is 11.3 Å². The van der Waals surface area contributed by atoms with Gasteiger partial charge >= 0.3 is 0 Å². The van der Waals surface area contributed by atoms with Crippen LogP contribution in [0.3, 0.4) is 0 Å². The summed E-state index contributed by atoms with van der Waals surface area (Å²) in [5.41, 5.74) is 1.77. The van der Waals surface area contributed by atoms with Gasteiger partial charge in [-0.2, -0.15) is 0 Å². The topological polar surface area (TPSA) is 87.3 Å². The minimum absolute atomic E-state index is 0.0110. The standard InChI is InChI=1S/C20H23N3O3S/c1-12-10-16(23-19(25)15-8-9-15)27-17(12)20(26)22-13(2)18(24)21-11-14-6-4-3-5-7-14/h3-7,10,13,15H,8-9,11H2,1-2H3,(H,21,24)(H,22,26)(H,23,25). The Labute approximate surface area is 162 Å². The Morgan fingerprint density at radius 1 is 1.19 bits per heavy atom. The zero-order valence-corrected chi connectivity index (χ0v) is 16.2. The summed E-state index contributed by atoms with van der Waals surface area (Å²) in [5.74, 6) is -0.440. The number of nitrogens with one attached hydrogen (secondary N) is 3. The molecule has 3 amide bonds. The largest absolute Gasteiger partial charge is 0.350 e. The Kier molecular flexibility index (Phi) is 5.91. The molecule has 3 rings (SSSR count). The van der Waals surface area contributed by atoms with Crippen molar-refractivity contribution < 1.29 is 14.4 Å². The van der Waals surface area contributed by atoms with Crippen molar-refractivity contribution in [2.45, 2.75) is 39.3 Å². The maximum absolute atomic E-state index is 12.5. The Morgan fingerprint density at radius 2 is 1.89 bits per heavy atom. The first-order valence-corrected chi connectivity index (χ1v) is 9.79. The Bertz CT molecular complexity index is 843. The van der Waals surface area contributed by atoms with E-state index in [1.165, 1.54) is 11.3 Å². The molecule has 0 bridgehead atoms. The quantitative estimate of drug-likeness (QED) is 0.685. The molecule has 1 aliphatic carbocycles. The Hall–Kier alpha value is -2.67. The fourth-order valence-corrected chi connectivity index (χ4v) is 3.58. The molecule has 27 heavy (non-hydrogen) atoms. The van der Waals surface area contributed by atoms with Crippen LogP contribution in [0, 0.1) is 12.8 Å². The maximum Gasteiger partial charge on any atom is 0.262 e. The van der Waals surface area contributed by atoms with Crippen LogP contribution in [0.5, 0.6) is 0 Å². The van der Waals surface area contributed by atoms with Crippen LogP contribution in [-0.4, -0.2) is 23.8 Å². The van der Waals surface area contributed by atoms with E-state index in [1.807, 2.05) is 37.3 Å². The van der Waals surface area contributed by atoms with Gasteiger partial charge in [0.05, 0.1) is 9.88 Å². The molecule has 1 aliphatic rings. The molecule has 1 fully saturated rings. The summed E-state index contributed by atoms with van der Waals surface area (Å²) in [5, 5.41) is 9.05. The molecule has 0 saturated heterocycles. The van der Waals surface area contributed by atoms with Gasteiger partial charge < -0.3 is 16.0 Å². The lowest BCUT2D eigenvalue weighted by molar-refractivity contribution is -0.122. The first-order chi connectivity index (χ1) is 12.9. The van der Waals surface area contributed by atoms with E-state index in [-0.39, 0.29) is 23.6 Å². The summed E-state index contributed by atoms with van der Waals surface area (Å²) in [6, 6.07) is 10.7. The van der Waals surface area contributed by atoms with E-state index in [9.17, 15) is 14.4 Å². The highest BCUT2D eigenvalue weighted by molar-refractivity contribution is 7.18. The molecular weight excluding hydrogens is 362 g/mol. The normalized spacial score (nSPS) is 14.3. The number of hydrogen-bond acceptors (Lipinski definition) is 4. The van der Waals surface area contributed by atoms with Crippen LogP contribution in [0.2, 0.25) is 0 Å². The number of benzene rings is 1. The third-order valence-corrected chi connectivity index (χ3v) is 5.52. The van der Waals surface area contributed by atoms with Gasteiger partial charge in [0.2, 0.25) is 11.8 Å². The molecular formula is C20H23N3O3S. The number of carbonyl (C=O) groups is 3. The van der Waals surface area contributed by atoms with Crippen LogP contribution in [0.4, 0.5) is 5.00 Å². The molecule has 7 heteroatoms. The number of aryl methyl sites for hydroxylation is 1. The van der Waals surface area contributed by atoms with Gasteiger partial charge in [-0.1, -0.05) is 30.3 Å². The lowest BCUT2D eigenvalue weighted by Gasteiger charge is -2.14. The van der Waals surface area contributed by atoms with E-state index in [4.69, 9.17) is 0 Å². The zero-order chi connectivity index (χ0) is 19.4. The van der Waals surface area contributed by atoms with Crippen LogP contribution < -0.4 is 16.0 Å². The van der Waals surface area contributed by atoms with Crippen molar-refractivity contribution in [3.63, 3.8) is 0 Å². The van der Waals surface area contributed by atoms with Gasteiger partial charge in [0.25, 0.3) is 5.91 Å². The number of hydrogen-bond donors (Lipinski definition) is 3. The summed E-state index contributed by atoms with van der Waals surface area (Å²) in [6.45, 7) is 3.88. The number of carbonyl (C=O) groups excluding carboxylic acids is 3. The second-order valence-electron chi connectivity index (χ2n) is 6.78. The van der Waals surface area contributed by atoms with Gasteiger partial charge in [0, 0.05) is 12.5 Å². The lowest BCUT2D eigenvalue weighted by Crippen LogP contribution is -2.44. The summed E-state index contributed by atoms with van der Waals surface area (Å²) in [4.78, 5) is 37.1. The highest BCUT2D eigenvalue weighted by Gasteiger charge is 2.30. The monoisotopic (exact) mass is 385 g/mol. The van der Waals surface area contributed by atoms with E-state index >= 15 is 0 Å². The molecule has 1 unspecified atom stereocenters. The summed E-state index contributed by atoms with van der Waals surface area (Å²) in [7, 11) is 0. The summed E-state index contributed by atoms with van der Waals surface area (Å²) < 4.78 is 0. The van der Waals surface area contributed by atoms with Crippen LogP contribution in [0.1, 0.15) is 40.6 Å². The highest BCUT2D eigenvalue weighted by Crippen LogP contribution is 2.32. The summed E-state index contributed by atoms with van der Waals surface area (Å²) in [6.07, 6.45) is 1.86. The van der Waals surface area contributed by atoms with Crippen molar-refractivity contribution in [3.05, 3.63) is 52.4 Å². The van der Waals surface area contributed by atoms with Gasteiger partial charge in [-0.25, -0.2) is 0 Å². The second-order valence-corrected chi connectivity index (χ2v) is 7.84. The van der Waals surface area contributed by atoms with E-state index in [0.29, 0.717) is 16.4 Å². The molecule has 6 nitrogen and oxygen atoms in total. The lowest BCUT2D eigenvalue weighted by atomic mass is 10.2. The number of rotatable bonds is 7. The third kappa shape index (κ3) is 5.17. The van der Waals surface area contributed by atoms with E-state index in [2.05, 4.69) is 16.0 Å². The molecule has 142 valence electrons. The van der Waals surface area contributed by atoms with Crippen molar-refractivity contribution in [1.29, 1.82) is 0 Å². The molecule has 1 aromatic heterocycles. The third-order valence-electron chi connectivity index (χ3n) is 4.37. The minimum atomic E-state index is -0.660. The molecule has 0 radical (unpaired) electrons. The smallest absolute Gasteiger partial charge is 0.262 e. The molecule has 0 spiro atoms. The van der Waals surface area contributed by atoms with Gasteiger partial charge in [-0.15, -0.1) is 11.3 Å². The number of thiophene rings is 1. The first-order valence-electron chi connectivity index (χ1n) is 8.98. The first kappa shape index (κ1) is 19.1. The van der Waals surface area contributed by atoms with E-state index in [0.717, 1.165) is 24.0 Å². The summed E-state index contributed by atoms with van der Waals surface area (Å²) >= 11 is 1.23.